The zero-order valence-electron chi connectivity index (χ0n) is 10.4. The van der Waals surface area contributed by atoms with Crippen LogP contribution in [0.2, 0.25) is 0 Å². The van der Waals surface area contributed by atoms with E-state index >= 15 is 0 Å². The summed E-state index contributed by atoms with van der Waals surface area (Å²) >= 11 is 0. The van der Waals surface area contributed by atoms with Crippen molar-refractivity contribution in [2.45, 2.75) is 19.8 Å². The quantitative estimate of drug-likeness (QED) is 0.806. The summed E-state index contributed by atoms with van der Waals surface area (Å²) in [6.45, 7) is 5.23. The lowest BCUT2D eigenvalue weighted by Crippen LogP contribution is -2.05. The Morgan fingerprint density at radius 3 is 2.76 bits per heavy atom. The molecular weight excluding hydrogens is 218 g/mol. The molecular formula is C12H17N3O2. The van der Waals surface area contributed by atoms with Gasteiger partial charge in [-0.2, -0.15) is 4.98 Å². The summed E-state index contributed by atoms with van der Waals surface area (Å²) < 4.78 is 10.3. The molecule has 0 bridgehead atoms. The van der Waals surface area contributed by atoms with Gasteiger partial charge in [-0.1, -0.05) is 13.8 Å². The summed E-state index contributed by atoms with van der Waals surface area (Å²) in [6.07, 6.45) is 0. The van der Waals surface area contributed by atoms with Gasteiger partial charge in [0.2, 0.25) is 5.88 Å². The van der Waals surface area contributed by atoms with Crippen molar-refractivity contribution < 1.29 is 9.47 Å². The molecule has 0 fully saturated rings. The van der Waals surface area contributed by atoms with Gasteiger partial charge in [0.25, 0.3) is 0 Å². The van der Waals surface area contributed by atoms with Crippen LogP contribution in [0.4, 0.5) is 0 Å². The zero-order valence-corrected chi connectivity index (χ0v) is 10.4. The summed E-state index contributed by atoms with van der Waals surface area (Å²) in [6, 6.07) is 3.77. The van der Waals surface area contributed by atoms with Crippen LogP contribution in [-0.2, 0) is 4.74 Å². The molecule has 0 spiro atoms. The normalized spacial score (nSPS) is 11.3. The topological polar surface area (TPSA) is 60.0 Å². The zero-order chi connectivity index (χ0) is 12.3. The van der Waals surface area contributed by atoms with E-state index in [-0.39, 0.29) is 0 Å². The van der Waals surface area contributed by atoms with Crippen molar-refractivity contribution in [3.8, 4) is 5.88 Å². The Labute approximate surface area is 100 Å². The van der Waals surface area contributed by atoms with E-state index in [1.165, 1.54) is 0 Å². The number of aromatic nitrogens is 3. The first kappa shape index (κ1) is 11.9. The van der Waals surface area contributed by atoms with Crippen molar-refractivity contribution in [2.24, 2.45) is 0 Å². The van der Waals surface area contributed by atoms with E-state index in [2.05, 4.69) is 28.8 Å². The van der Waals surface area contributed by atoms with Gasteiger partial charge in [0.15, 0.2) is 5.65 Å². The molecule has 0 aliphatic rings. The molecule has 5 nitrogen and oxygen atoms in total. The number of imidazole rings is 1. The second-order valence-electron chi connectivity index (χ2n) is 4.14. The molecule has 0 saturated carbocycles. The number of ether oxygens (including phenoxy) is 2. The minimum Gasteiger partial charge on any atom is -0.475 e. The third-order valence-electron chi connectivity index (χ3n) is 2.42. The van der Waals surface area contributed by atoms with Crippen LogP contribution >= 0.6 is 0 Å². The molecule has 1 N–H and O–H groups in total. The summed E-state index contributed by atoms with van der Waals surface area (Å²) in [4.78, 5) is 12.0. The molecule has 5 heteroatoms. The van der Waals surface area contributed by atoms with Crippen molar-refractivity contribution in [2.75, 3.05) is 20.3 Å². The van der Waals surface area contributed by atoms with Gasteiger partial charge in [0.05, 0.1) is 12.1 Å². The van der Waals surface area contributed by atoms with Crippen LogP contribution in [-0.4, -0.2) is 35.3 Å². The smallest absolute Gasteiger partial charge is 0.215 e. The largest absolute Gasteiger partial charge is 0.475 e. The lowest BCUT2D eigenvalue weighted by Gasteiger charge is -2.03. The van der Waals surface area contributed by atoms with Crippen LogP contribution in [0.25, 0.3) is 11.2 Å². The number of aromatic amines is 1. The standard InChI is InChI=1S/C12H17N3O2/c1-8(2)11-13-9-4-5-10(14-12(9)15-11)17-7-6-16-3/h4-5,8H,6-7H2,1-3H3,(H,13,14,15). The van der Waals surface area contributed by atoms with Gasteiger partial charge >= 0.3 is 0 Å². The molecule has 0 aliphatic heterocycles. The number of H-pyrrole nitrogens is 1. The SMILES string of the molecule is COCCOc1ccc2[nH]c(C(C)C)nc2n1. The monoisotopic (exact) mass is 235 g/mol. The van der Waals surface area contributed by atoms with E-state index in [0.717, 1.165) is 11.3 Å². The number of nitrogens with zero attached hydrogens (tertiary/aromatic N) is 2. The maximum atomic E-state index is 5.43. The van der Waals surface area contributed by atoms with Crippen LogP contribution < -0.4 is 4.74 Å². The third kappa shape index (κ3) is 2.74. The molecule has 2 heterocycles. The molecule has 0 aromatic carbocycles. The predicted molar refractivity (Wildman–Crippen MR) is 65.3 cm³/mol. The second kappa shape index (κ2) is 5.14. The van der Waals surface area contributed by atoms with Crippen molar-refractivity contribution in [1.82, 2.24) is 15.0 Å². The average molecular weight is 235 g/mol. The molecule has 0 saturated heterocycles. The number of nitrogens with one attached hydrogen (secondary N) is 1. The number of hydrogen-bond acceptors (Lipinski definition) is 4. The number of rotatable bonds is 5. The number of pyridine rings is 1. The molecule has 0 amide bonds. The van der Waals surface area contributed by atoms with Crippen molar-refractivity contribution >= 4 is 11.2 Å². The highest BCUT2D eigenvalue weighted by Gasteiger charge is 2.08. The minimum absolute atomic E-state index is 0.363. The Hall–Kier alpha value is -1.62. The highest BCUT2D eigenvalue weighted by molar-refractivity contribution is 5.71. The summed E-state index contributed by atoms with van der Waals surface area (Å²) in [5.41, 5.74) is 1.64. The Morgan fingerprint density at radius 2 is 2.06 bits per heavy atom. The van der Waals surface area contributed by atoms with E-state index < -0.39 is 0 Å². The van der Waals surface area contributed by atoms with Crippen LogP contribution in [0.3, 0.4) is 0 Å². The van der Waals surface area contributed by atoms with E-state index in [9.17, 15) is 0 Å². The van der Waals surface area contributed by atoms with Crippen molar-refractivity contribution in [3.05, 3.63) is 18.0 Å². The molecule has 92 valence electrons. The number of methoxy groups -OCH3 is 1. The summed E-state index contributed by atoms with van der Waals surface area (Å²) in [5.74, 6) is 1.89. The Balaban J connectivity index is 2.18. The van der Waals surface area contributed by atoms with Gasteiger partial charge in [-0.3, -0.25) is 0 Å². The maximum Gasteiger partial charge on any atom is 0.215 e. The maximum absolute atomic E-state index is 5.43. The fraction of sp³-hybridized carbons (Fsp3) is 0.500. The van der Waals surface area contributed by atoms with Gasteiger partial charge in [-0.25, -0.2) is 4.98 Å². The molecule has 17 heavy (non-hydrogen) atoms. The second-order valence-corrected chi connectivity index (χ2v) is 4.14. The van der Waals surface area contributed by atoms with E-state index in [1.807, 2.05) is 12.1 Å². The van der Waals surface area contributed by atoms with Crippen LogP contribution in [0.1, 0.15) is 25.6 Å². The highest BCUT2D eigenvalue weighted by atomic mass is 16.5. The Bertz CT molecular complexity index is 493. The van der Waals surface area contributed by atoms with Crippen LogP contribution in [0, 0.1) is 0 Å². The molecule has 2 aromatic heterocycles. The first-order valence-electron chi connectivity index (χ1n) is 5.69. The minimum atomic E-state index is 0.363. The number of hydrogen-bond donors (Lipinski definition) is 1. The molecule has 2 rings (SSSR count). The molecule has 0 unspecified atom stereocenters. The first-order valence-corrected chi connectivity index (χ1v) is 5.69. The Morgan fingerprint density at radius 1 is 1.24 bits per heavy atom. The number of fused-ring (bicyclic) bond motifs is 1. The van der Waals surface area contributed by atoms with Gasteiger partial charge in [0.1, 0.15) is 12.4 Å². The molecule has 0 aliphatic carbocycles. The third-order valence-corrected chi connectivity index (χ3v) is 2.42. The predicted octanol–water partition coefficient (Wildman–Crippen LogP) is 2.11. The summed E-state index contributed by atoms with van der Waals surface area (Å²) in [5, 5.41) is 0. The summed E-state index contributed by atoms with van der Waals surface area (Å²) in [7, 11) is 1.64. The lowest BCUT2D eigenvalue weighted by atomic mass is 10.2. The highest BCUT2D eigenvalue weighted by Crippen LogP contribution is 2.18. The van der Waals surface area contributed by atoms with Gasteiger partial charge in [0, 0.05) is 19.1 Å². The first-order chi connectivity index (χ1) is 8.20. The lowest BCUT2D eigenvalue weighted by molar-refractivity contribution is 0.144. The molecule has 0 atom stereocenters. The van der Waals surface area contributed by atoms with Crippen molar-refractivity contribution in [1.29, 1.82) is 0 Å². The average Bonchev–Trinajstić information content (AvgIpc) is 2.72. The fourth-order valence-corrected chi connectivity index (χ4v) is 1.48. The van der Waals surface area contributed by atoms with Gasteiger partial charge in [-0.05, 0) is 6.07 Å². The van der Waals surface area contributed by atoms with E-state index in [4.69, 9.17) is 9.47 Å². The molecule has 2 aromatic rings. The van der Waals surface area contributed by atoms with E-state index in [0.29, 0.717) is 30.7 Å². The van der Waals surface area contributed by atoms with Crippen LogP contribution in [0.5, 0.6) is 5.88 Å². The fourth-order valence-electron chi connectivity index (χ4n) is 1.48. The van der Waals surface area contributed by atoms with Crippen LogP contribution in [0.15, 0.2) is 12.1 Å². The Kier molecular flexibility index (Phi) is 3.58. The molecule has 0 radical (unpaired) electrons. The van der Waals surface area contributed by atoms with E-state index in [1.54, 1.807) is 7.11 Å². The van der Waals surface area contributed by atoms with Crippen molar-refractivity contribution in [3.63, 3.8) is 0 Å². The van der Waals surface area contributed by atoms with Gasteiger partial charge < -0.3 is 14.5 Å². The van der Waals surface area contributed by atoms with Gasteiger partial charge in [-0.15, -0.1) is 0 Å².